The highest BCUT2D eigenvalue weighted by Crippen LogP contribution is 2.27. The van der Waals surface area contributed by atoms with Crippen molar-refractivity contribution in [1.29, 1.82) is 0 Å². The Hall–Kier alpha value is -3.18. The smallest absolute Gasteiger partial charge is 0.243 e. The molecule has 1 aromatic heterocycles. The number of hydrogen-bond donors (Lipinski definition) is 4. The fraction of sp³-hybridized carbons (Fsp3) is 0.292. The van der Waals surface area contributed by atoms with Crippen LogP contribution in [0.4, 0.5) is 5.69 Å². The van der Waals surface area contributed by atoms with Crippen LogP contribution >= 0.6 is 0 Å². The Morgan fingerprint density at radius 1 is 1.00 bits per heavy atom. The van der Waals surface area contributed by atoms with Gasteiger partial charge in [0.25, 0.3) is 0 Å². The molecule has 4 N–H and O–H groups in total. The quantitative estimate of drug-likeness (QED) is 0.289. The molecular formula is C24H29N3O6S. The zero-order valence-electron chi connectivity index (χ0n) is 18.8. The first-order valence-corrected chi connectivity index (χ1v) is 12.6. The molecule has 0 saturated carbocycles. The van der Waals surface area contributed by atoms with Crippen LogP contribution in [0.1, 0.15) is 5.56 Å². The standard InChI is InChI=1S/C24H29N3O6S/c1-34(30,31)27-23-8-5-13-25-24(23)33-22-11-9-18(10-12-22)14-19(16-28)26-15-20(29)17-32-21-6-3-2-4-7-21/h2-13,19-20,26-29H,14-17H2,1H3/t19-,20?/m0/s1. The van der Waals surface area contributed by atoms with Gasteiger partial charge in [0, 0.05) is 18.8 Å². The van der Waals surface area contributed by atoms with E-state index in [1.54, 1.807) is 24.3 Å². The van der Waals surface area contributed by atoms with Gasteiger partial charge in [0.05, 0.1) is 12.9 Å². The highest BCUT2D eigenvalue weighted by Gasteiger charge is 2.13. The largest absolute Gasteiger partial charge is 0.491 e. The number of hydrogen-bond acceptors (Lipinski definition) is 8. The molecule has 0 fully saturated rings. The third-order valence-electron chi connectivity index (χ3n) is 4.73. The summed E-state index contributed by atoms with van der Waals surface area (Å²) in [6, 6.07) is 19.4. The summed E-state index contributed by atoms with van der Waals surface area (Å²) in [6.07, 6.45) is 2.37. The number of nitrogens with zero attached hydrogens (tertiary/aromatic N) is 1. The van der Waals surface area contributed by atoms with Gasteiger partial charge in [0.2, 0.25) is 15.9 Å². The minimum absolute atomic E-state index is 0.0982. The van der Waals surface area contributed by atoms with Gasteiger partial charge in [-0.3, -0.25) is 4.72 Å². The van der Waals surface area contributed by atoms with Gasteiger partial charge in [-0.1, -0.05) is 30.3 Å². The lowest BCUT2D eigenvalue weighted by atomic mass is 10.1. The lowest BCUT2D eigenvalue weighted by molar-refractivity contribution is 0.0997. The van der Waals surface area contributed by atoms with Crippen LogP contribution in [0.3, 0.4) is 0 Å². The van der Waals surface area contributed by atoms with Crippen LogP contribution in [0.5, 0.6) is 17.4 Å². The second-order valence-electron chi connectivity index (χ2n) is 7.75. The van der Waals surface area contributed by atoms with Gasteiger partial charge in [-0.25, -0.2) is 13.4 Å². The molecule has 0 spiro atoms. The monoisotopic (exact) mass is 487 g/mol. The van der Waals surface area contributed by atoms with Crippen LogP contribution in [-0.4, -0.2) is 61.8 Å². The second-order valence-corrected chi connectivity index (χ2v) is 9.49. The number of para-hydroxylation sites is 1. The normalized spacial score (nSPS) is 13.1. The molecule has 2 atom stereocenters. The van der Waals surface area contributed by atoms with Crippen LogP contribution in [0, 0.1) is 0 Å². The molecule has 1 unspecified atom stereocenters. The molecule has 0 aliphatic carbocycles. The number of nitrogens with one attached hydrogen (secondary N) is 2. The van der Waals surface area contributed by atoms with Gasteiger partial charge in [-0.2, -0.15) is 0 Å². The van der Waals surface area contributed by atoms with Crippen molar-refractivity contribution in [3.05, 3.63) is 78.5 Å². The molecule has 9 nitrogen and oxygen atoms in total. The van der Waals surface area contributed by atoms with Gasteiger partial charge in [-0.15, -0.1) is 0 Å². The number of anilines is 1. The molecule has 34 heavy (non-hydrogen) atoms. The lowest BCUT2D eigenvalue weighted by Gasteiger charge is -2.19. The van der Waals surface area contributed by atoms with E-state index in [1.807, 2.05) is 42.5 Å². The summed E-state index contributed by atoms with van der Waals surface area (Å²) in [5.74, 6) is 1.32. The van der Waals surface area contributed by atoms with E-state index in [1.165, 1.54) is 6.20 Å². The molecule has 0 aliphatic rings. The molecule has 3 rings (SSSR count). The van der Waals surface area contributed by atoms with Crippen molar-refractivity contribution in [2.24, 2.45) is 0 Å². The molecule has 0 saturated heterocycles. The predicted molar refractivity (Wildman–Crippen MR) is 130 cm³/mol. The highest BCUT2D eigenvalue weighted by atomic mass is 32.2. The minimum atomic E-state index is -3.47. The molecule has 3 aromatic rings. The van der Waals surface area contributed by atoms with E-state index in [0.29, 0.717) is 17.9 Å². The van der Waals surface area contributed by atoms with Crippen LogP contribution in [0.2, 0.25) is 0 Å². The Balaban J connectivity index is 1.50. The van der Waals surface area contributed by atoms with Gasteiger partial charge >= 0.3 is 0 Å². The van der Waals surface area contributed by atoms with E-state index in [2.05, 4.69) is 15.0 Å². The summed E-state index contributed by atoms with van der Waals surface area (Å²) in [5, 5.41) is 23.0. The average Bonchev–Trinajstić information content (AvgIpc) is 2.82. The average molecular weight is 488 g/mol. The summed E-state index contributed by atoms with van der Waals surface area (Å²) in [4.78, 5) is 4.09. The van der Waals surface area contributed by atoms with Crippen molar-refractivity contribution >= 4 is 15.7 Å². The van der Waals surface area contributed by atoms with Gasteiger partial charge in [0.1, 0.15) is 29.9 Å². The van der Waals surface area contributed by atoms with Crippen molar-refractivity contribution in [1.82, 2.24) is 10.3 Å². The maximum Gasteiger partial charge on any atom is 0.243 e. The number of aliphatic hydroxyl groups is 2. The first-order chi connectivity index (χ1) is 16.3. The molecular weight excluding hydrogens is 458 g/mol. The molecule has 0 bridgehead atoms. The summed E-state index contributed by atoms with van der Waals surface area (Å²) in [5.41, 5.74) is 1.19. The van der Waals surface area contributed by atoms with Crippen LogP contribution < -0.4 is 19.5 Å². The van der Waals surface area contributed by atoms with Crippen LogP contribution in [0.15, 0.2) is 72.9 Å². The van der Waals surface area contributed by atoms with Crippen molar-refractivity contribution in [2.45, 2.75) is 18.6 Å². The van der Waals surface area contributed by atoms with Crippen molar-refractivity contribution in [2.75, 3.05) is 30.7 Å². The van der Waals surface area contributed by atoms with E-state index in [-0.39, 0.29) is 37.4 Å². The summed E-state index contributed by atoms with van der Waals surface area (Å²) >= 11 is 0. The number of aliphatic hydroxyl groups excluding tert-OH is 2. The van der Waals surface area contributed by atoms with Gasteiger partial charge in [-0.05, 0) is 48.4 Å². The highest BCUT2D eigenvalue weighted by molar-refractivity contribution is 7.92. The topological polar surface area (TPSA) is 130 Å². The molecule has 182 valence electrons. The Kier molecular flexibility index (Phi) is 9.23. The second kappa shape index (κ2) is 12.3. The SMILES string of the molecule is CS(=O)(=O)Nc1cccnc1Oc1ccc(C[C@@H](CO)NCC(O)COc2ccccc2)cc1. The molecule has 2 aromatic carbocycles. The van der Waals surface area contributed by atoms with Crippen LogP contribution in [0.25, 0.3) is 0 Å². The van der Waals surface area contributed by atoms with E-state index in [0.717, 1.165) is 11.8 Å². The minimum Gasteiger partial charge on any atom is -0.491 e. The Bertz CT molecular complexity index is 1130. The zero-order chi connectivity index (χ0) is 24.4. The number of aromatic nitrogens is 1. The Labute approximate surface area is 199 Å². The maximum absolute atomic E-state index is 11.5. The van der Waals surface area contributed by atoms with Crippen molar-refractivity contribution in [3.8, 4) is 17.4 Å². The van der Waals surface area contributed by atoms with E-state index in [9.17, 15) is 18.6 Å². The van der Waals surface area contributed by atoms with E-state index >= 15 is 0 Å². The lowest BCUT2D eigenvalue weighted by Crippen LogP contribution is -2.41. The predicted octanol–water partition coefficient (Wildman–Crippen LogP) is 2.18. The third kappa shape index (κ3) is 8.64. The van der Waals surface area contributed by atoms with Gasteiger partial charge in [0.15, 0.2) is 0 Å². The molecule has 0 aliphatic heterocycles. The molecule has 0 amide bonds. The fourth-order valence-corrected chi connectivity index (χ4v) is 3.67. The zero-order valence-corrected chi connectivity index (χ0v) is 19.6. The number of pyridine rings is 1. The number of rotatable bonds is 13. The Morgan fingerprint density at radius 2 is 1.74 bits per heavy atom. The number of benzene rings is 2. The maximum atomic E-state index is 11.5. The van der Waals surface area contributed by atoms with Crippen LogP contribution in [-0.2, 0) is 16.4 Å². The van der Waals surface area contributed by atoms with E-state index in [4.69, 9.17) is 9.47 Å². The van der Waals surface area contributed by atoms with E-state index < -0.39 is 16.1 Å². The fourth-order valence-electron chi connectivity index (χ4n) is 3.11. The van der Waals surface area contributed by atoms with Crippen molar-refractivity contribution < 1.29 is 28.1 Å². The third-order valence-corrected chi connectivity index (χ3v) is 5.33. The summed E-state index contributed by atoms with van der Waals surface area (Å²) < 4.78 is 36.7. The first-order valence-electron chi connectivity index (χ1n) is 10.7. The number of sulfonamides is 1. The molecule has 1 heterocycles. The Morgan fingerprint density at radius 3 is 2.41 bits per heavy atom. The summed E-state index contributed by atoms with van der Waals surface area (Å²) in [6.45, 7) is 0.318. The first kappa shape index (κ1) is 25.4. The summed E-state index contributed by atoms with van der Waals surface area (Å²) in [7, 11) is -3.47. The molecule has 0 radical (unpaired) electrons. The number of ether oxygens (including phenoxy) is 2. The van der Waals surface area contributed by atoms with Gasteiger partial charge < -0.3 is 25.0 Å². The van der Waals surface area contributed by atoms with Crippen molar-refractivity contribution in [3.63, 3.8) is 0 Å². The molecule has 10 heteroatoms.